The number of nitrogens with zero attached hydrogens (tertiary/aromatic N) is 2. The summed E-state index contributed by atoms with van der Waals surface area (Å²) in [4.78, 5) is 23.8. The fourth-order valence-electron chi connectivity index (χ4n) is 3.30. The zero-order valence-electron chi connectivity index (χ0n) is 13.4. The van der Waals surface area contributed by atoms with Crippen LogP contribution < -0.4 is 16.0 Å². The highest BCUT2D eigenvalue weighted by molar-refractivity contribution is 5.87. The predicted molar refractivity (Wildman–Crippen MR) is 85.8 cm³/mol. The Morgan fingerprint density at radius 2 is 2.04 bits per heavy atom. The minimum Gasteiger partial charge on any atom is -0.354 e. The topological polar surface area (TPSA) is 88.1 Å². The molecule has 7 heteroatoms. The van der Waals surface area contributed by atoms with Crippen LogP contribution in [0.15, 0.2) is 12.3 Å². The molecular weight excluding hydrogens is 294 g/mol. The Kier molecular flexibility index (Phi) is 5.15. The second-order valence-corrected chi connectivity index (χ2v) is 6.39. The summed E-state index contributed by atoms with van der Waals surface area (Å²) < 4.78 is 2.01. The van der Waals surface area contributed by atoms with E-state index in [2.05, 4.69) is 21.0 Å². The minimum absolute atomic E-state index is 0.0943. The summed E-state index contributed by atoms with van der Waals surface area (Å²) >= 11 is 0. The van der Waals surface area contributed by atoms with E-state index in [9.17, 15) is 9.59 Å². The van der Waals surface area contributed by atoms with Crippen LogP contribution in [0.3, 0.4) is 0 Å². The molecule has 2 fully saturated rings. The Morgan fingerprint density at radius 3 is 2.87 bits per heavy atom. The van der Waals surface area contributed by atoms with Gasteiger partial charge in [0, 0.05) is 12.7 Å². The van der Waals surface area contributed by atoms with Gasteiger partial charge in [0.05, 0.1) is 18.3 Å². The van der Waals surface area contributed by atoms with Crippen molar-refractivity contribution in [3.8, 4) is 0 Å². The molecule has 126 valence electrons. The Labute approximate surface area is 136 Å². The summed E-state index contributed by atoms with van der Waals surface area (Å²) in [7, 11) is 0. The Bertz CT molecular complexity index is 550. The van der Waals surface area contributed by atoms with Crippen LogP contribution in [0.2, 0.25) is 0 Å². The molecule has 7 nitrogen and oxygen atoms in total. The maximum atomic E-state index is 12.0. The summed E-state index contributed by atoms with van der Waals surface area (Å²) in [5.41, 5.74) is 0.845. The number of hydrogen-bond acceptors (Lipinski definition) is 3. The van der Waals surface area contributed by atoms with Gasteiger partial charge in [-0.05, 0) is 38.2 Å². The molecule has 1 atom stereocenters. The third-order valence-electron chi connectivity index (χ3n) is 4.63. The Balaban J connectivity index is 1.46. The lowest BCUT2D eigenvalue weighted by Gasteiger charge is -2.15. The maximum absolute atomic E-state index is 12.0. The molecule has 2 heterocycles. The van der Waals surface area contributed by atoms with E-state index in [1.165, 1.54) is 25.7 Å². The maximum Gasteiger partial charge on any atom is 0.315 e. The van der Waals surface area contributed by atoms with Crippen LogP contribution >= 0.6 is 0 Å². The molecule has 0 aromatic carbocycles. The van der Waals surface area contributed by atoms with Crippen molar-refractivity contribution < 1.29 is 9.59 Å². The second-order valence-electron chi connectivity index (χ2n) is 6.39. The molecule has 23 heavy (non-hydrogen) atoms. The first-order valence-corrected chi connectivity index (χ1v) is 8.58. The van der Waals surface area contributed by atoms with Gasteiger partial charge < -0.3 is 16.0 Å². The predicted octanol–water partition coefficient (Wildman–Crippen LogP) is 1.47. The molecule has 1 aromatic rings. The molecule has 3 amide bonds. The van der Waals surface area contributed by atoms with Gasteiger partial charge in [-0.2, -0.15) is 5.10 Å². The van der Waals surface area contributed by atoms with Gasteiger partial charge in [0.15, 0.2) is 0 Å². The monoisotopic (exact) mass is 319 g/mol. The molecule has 0 spiro atoms. The first-order valence-electron chi connectivity index (χ1n) is 8.58. The lowest BCUT2D eigenvalue weighted by molar-refractivity contribution is -0.122. The van der Waals surface area contributed by atoms with Crippen molar-refractivity contribution in [3.63, 3.8) is 0 Å². The van der Waals surface area contributed by atoms with Gasteiger partial charge in [-0.1, -0.05) is 12.8 Å². The first-order chi connectivity index (χ1) is 11.2. The molecule has 1 saturated heterocycles. The number of hydrogen-bond donors (Lipinski definition) is 3. The van der Waals surface area contributed by atoms with E-state index in [0.29, 0.717) is 25.6 Å². The van der Waals surface area contributed by atoms with Crippen LogP contribution in [-0.2, 0) is 11.3 Å². The smallest absolute Gasteiger partial charge is 0.315 e. The molecule has 3 N–H and O–H groups in total. The van der Waals surface area contributed by atoms with Gasteiger partial charge in [-0.25, -0.2) is 4.79 Å². The molecule has 0 radical (unpaired) electrons. The van der Waals surface area contributed by atoms with Gasteiger partial charge in [0.2, 0.25) is 5.91 Å². The standard InChI is InChI=1S/C16H25N5O2/c22-15-14(7-3-4-9-17-15)19-16(23)18-11-12-8-10-21(20-12)13-5-1-2-6-13/h8,10,13-14H,1-7,9,11H2,(H,17,22)(H2,18,19,23). The molecule has 1 aliphatic heterocycles. The zero-order valence-corrected chi connectivity index (χ0v) is 13.4. The molecule has 1 aliphatic carbocycles. The van der Waals surface area contributed by atoms with Gasteiger partial charge in [0.25, 0.3) is 0 Å². The first kappa shape index (κ1) is 15.8. The molecule has 1 unspecified atom stereocenters. The summed E-state index contributed by atoms with van der Waals surface area (Å²) in [6.45, 7) is 1.07. The van der Waals surface area contributed by atoms with Crippen LogP contribution in [0, 0.1) is 0 Å². The van der Waals surface area contributed by atoms with E-state index >= 15 is 0 Å². The summed E-state index contributed by atoms with van der Waals surface area (Å²) in [6, 6.07) is 1.69. The van der Waals surface area contributed by atoms with E-state index in [4.69, 9.17) is 0 Å². The van der Waals surface area contributed by atoms with E-state index in [1.54, 1.807) is 0 Å². The number of rotatable bonds is 4. The number of carbonyl (C=O) groups excluding carboxylic acids is 2. The molecule has 1 saturated carbocycles. The van der Waals surface area contributed by atoms with Crippen LogP contribution in [0.5, 0.6) is 0 Å². The van der Waals surface area contributed by atoms with E-state index in [1.807, 2.05) is 16.9 Å². The third-order valence-corrected chi connectivity index (χ3v) is 4.63. The minimum atomic E-state index is -0.437. The lowest BCUT2D eigenvalue weighted by atomic mass is 10.1. The van der Waals surface area contributed by atoms with Gasteiger partial charge in [-0.15, -0.1) is 0 Å². The Morgan fingerprint density at radius 1 is 1.26 bits per heavy atom. The zero-order chi connectivity index (χ0) is 16.1. The van der Waals surface area contributed by atoms with E-state index in [-0.39, 0.29) is 11.9 Å². The van der Waals surface area contributed by atoms with Crippen molar-refractivity contribution in [2.75, 3.05) is 6.54 Å². The number of amides is 3. The normalized spacial score (nSPS) is 22.4. The fourth-order valence-corrected chi connectivity index (χ4v) is 3.30. The van der Waals surface area contributed by atoms with Crippen molar-refractivity contribution in [2.24, 2.45) is 0 Å². The van der Waals surface area contributed by atoms with E-state index in [0.717, 1.165) is 18.5 Å². The average molecular weight is 319 g/mol. The quantitative estimate of drug-likeness (QED) is 0.785. The fraction of sp³-hybridized carbons (Fsp3) is 0.688. The highest BCUT2D eigenvalue weighted by atomic mass is 16.2. The van der Waals surface area contributed by atoms with Crippen molar-refractivity contribution in [3.05, 3.63) is 18.0 Å². The van der Waals surface area contributed by atoms with Gasteiger partial charge >= 0.3 is 6.03 Å². The summed E-state index contributed by atoms with van der Waals surface area (Å²) in [6.07, 6.45) is 9.49. The second kappa shape index (κ2) is 7.48. The highest BCUT2D eigenvalue weighted by Crippen LogP contribution is 2.28. The average Bonchev–Trinajstić information content (AvgIpc) is 3.18. The SMILES string of the molecule is O=C(NCc1ccn(C2CCCC2)n1)NC1CCCCNC1=O. The van der Waals surface area contributed by atoms with Gasteiger partial charge in [-0.3, -0.25) is 9.48 Å². The van der Waals surface area contributed by atoms with Crippen molar-refractivity contribution >= 4 is 11.9 Å². The van der Waals surface area contributed by atoms with Crippen molar-refractivity contribution in [1.29, 1.82) is 0 Å². The molecular formula is C16H25N5O2. The third kappa shape index (κ3) is 4.24. The Hall–Kier alpha value is -2.05. The summed E-state index contributed by atoms with van der Waals surface area (Å²) in [5.74, 6) is -0.0943. The van der Waals surface area contributed by atoms with Gasteiger partial charge in [0.1, 0.15) is 6.04 Å². The number of carbonyl (C=O) groups is 2. The van der Waals surface area contributed by atoms with Crippen LogP contribution in [-0.4, -0.2) is 34.3 Å². The van der Waals surface area contributed by atoms with Crippen LogP contribution in [0.4, 0.5) is 4.79 Å². The number of aromatic nitrogens is 2. The highest BCUT2D eigenvalue weighted by Gasteiger charge is 2.22. The summed E-state index contributed by atoms with van der Waals surface area (Å²) in [5, 5.41) is 12.9. The van der Waals surface area contributed by atoms with Crippen molar-refractivity contribution in [2.45, 2.75) is 63.6 Å². The lowest BCUT2D eigenvalue weighted by Crippen LogP contribution is -2.48. The molecule has 2 aliphatic rings. The molecule has 0 bridgehead atoms. The van der Waals surface area contributed by atoms with E-state index < -0.39 is 6.04 Å². The molecule has 1 aromatic heterocycles. The molecule has 3 rings (SSSR count). The number of urea groups is 1. The largest absolute Gasteiger partial charge is 0.354 e. The van der Waals surface area contributed by atoms with Crippen LogP contribution in [0.1, 0.15) is 56.7 Å². The van der Waals surface area contributed by atoms with Crippen molar-refractivity contribution in [1.82, 2.24) is 25.7 Å². The van der Waals surface area contributed by atoms with Crippen LogP contribution in [0.25, 0.3) is 0 Å². The number of nitrogens with one attached hydrogen (secondary N) is 3.